The van der Waals surface area contributed by atoms with Gasteiger partial charge < -0.3 is 9.73 Å². The fraction of sp³-hybridized carbons (Fsp3) is 0.0952. The van der Waals surface area contributed by atoms with Crippen LogP contribution in [0.3, 0.4) is 0 Å². The zero-order valence-corrected chi connectivity index (χ0v) is 14.6. The minimum atomic E-state index is -0.416. The van der Waals surface area contributed by atoms with E-state index in [1.54, 1.807) is 0 Å². The topological polar surface area (TPSA) is 49.6 Å². The van der Waals surface area contributed by atoms with Gasteiger partial charge in [-0.1, -0.05) is 72.3 Å². The first-order valence-electron chi connectivity index (χ1n) is 8.50. The number of hydrogen-bond donors (Lipinski definition) is 2. The van der Waals surface area contributed by atoms with E-state index in [2.05, 4.69) is 22.8 Å². The van der Waals surface area contributed by atoms with Crippen LogP contribution < -0.4 is 10.6 Å². The summed E-state index contributed by atoms with van der Waals surface area (Å²) in [5.74, 6) is 0.777. The Hall–Kier alpha value is -2.82. The molecule has 1 aromatic heterocycles. The van der Waals surface area contributed by atoms with E-state index in [1.165, 1.54) is 0 Å². The van der Waals surface area contributed by atoms with Gasteiger partial charge in [-0.15, -0.1) is 0 Å². The fourth-order valence-electron chi connectivity index (χ4n) is 3.45. The molecular formula is C21H16ClN3O. The monoisotopic (exact) mass is 361 g/mol. The van der Waals surface area contributed by atoms with E-state index in [0.717, 1.165) is 38.9 Å². The van der Waals surface area contributed by atoms with Crippen LogP contribution in [-0.2, 0) is 0 Å². The normalized spacial score (nSPS) is 20.1. The highest BCUT2D eigenvalue weighted by Crippen LogP contribution is 2.35. The summed E-state index contributed by atoms with van der Waals surface area (Å²) in [6, 6.07) is 24.1. The Morgan fingerprint density at radius 2 is 1.62 bits per heavy atom. The largest absolute Gasteiger partial charge is 0.456 e. The van der Waals surface area contributed by atoms with Gasteiger partial charge in [0.15, 0.2) is 5.62 Å². The van der Waals surface area contributed by atoms with Crippen LogP contribution in [0, 0.1) is 0 Å². The molecule has 4 nitrogen and oxygen atoms in total. The summed E-state index contributed by atoms with van der Waals surface area (Å²) < 4.78 is 6.00. The van der Waals surface area contributed by atoms with Crippen molar-refractivity contribution < 1.29 is 4.42 Å². The molecule has 2 heterocycles. The lowest BCUT2D eigenvalue weighted by Gasteiger charge is -2.28. The van der Waals surface area contributed by atoms with Gasteiger partial charge in [0.05, 0.1) is 0 Å². The lowest BCUT2D eigenvalue weighted by Crippen LogP contribution is -2.47. The van der Waals surface area contributed by atoms with Crippen molar-refractivity contribution in [2.24, 2.45) is 4.99 Å². The van der Waals surface area contributed by atoms with Crippen molar-refractivity contribution in [1.29, 1.82) is 0 Å². The molecule has 2 unspecified atom stereocenters. The van der Waals surface area contributed by atoms with Crippen molar-refractivity contribution in [3.05, 3.63) is 83.9 Å². The predicted octanol–water partition coefficient (Wildman–Crippen LogP) is 4.75. The Balaban J connectivity index is 1.69. The van der Waals surface area contributed by atoms with E-state index in [4.69, 9.17) is 21.0 Å². The third-order valence-corrected chi connectivity index (χ3v) is 4.84. The second-order valence-corrected chi connectivity index (χ2v) is 6.67. The van der Waals surface area contributed by atoms with Crippen LogP contribution in [0.15, 0.2) is 82.2 Å². The fourth-order valence-corrected chi connectivity index (χ4v) is 3.67. The molecule has 0 aliphatic carbocycles. The third-order valence-electron chi connectivity index (χ3n) is 4.60. The first-order chi connectivity index (χ1) is 12.8. The lowest BCUT2D eigenvalue weighted by molar-refractivity contribution is 0.485. The highest BCUT2D eigenvalue weighted by Gasteiger charge is 2.25. The summed E-state index contributed by atoms with van der Waals surface area (Å²) in [5, 5.41) is 8.65. The van der Waals surface area contributed by atoms with E-state index in [9.17, 15) is 0 Å². The van der Waals surface area contributed by atoms with Crippen LogP contribution in [0.25, 0.3) is 21.9 Å². The van der Waals surface area contributed by atoms with Gasteiger partial charge in [-0.2, -0.15) is 0 Å². The van der Waals surface area contributed by atoms with Gasteiger partial charge in [0.25, 0.3) is 0 Å². The SMILES string of the molecule is ClC1NC(c2ccccc2)=NC(c2cccc3oc4ccccc4c23)N1. The Morgan fingerprint density at radius 1 is 0.846 bits per heavy atom. The molecule has 2 atom stereocenters. The van der Waals surface area contributed by atoms with Gasteiger partial charge in [0.1, 0.15) is 23.2 Å². The van der Waals surface area contributed by atoms with Crippen LogP contribution in [0.4, 0.5) is 0 Å². The van der Waals surface area contributed by atoms with Gasteiger partial charge in [0, 0.05) is 21.9 Å². The summed E-state index contributed by atoms with van der Waals surface area (Å²) in [7, 11) is 0. The number of alkyl halides is 1. The Kier molecular flexibility index (Phi) is 3.66. The summed E-state index contributed by atoms with van der Waals surface area (Å²) in [5.41, 5.74) is 3.37. The first-order valence-corrected chi connectivity index (χ1v) is 8.93. The second kappa shape index (κ2) is 6.16. The number of furan rings is 1. The molecule has 26 heavy (non-hydrogen) atoms. The molecular weight excluding hydrogens is 346 g/mol. The highest BCUT2D eigenvalue weighted by molar-refractivity contribution is 6.22. The number of hydrogen-bond acceptors (Lipinski definition) is 4. The average Bonchev–Trinajstić information content (AvgIpc) is 3.07. The molecule has 5 heteroatoms. The molecule has 0 fully saturated rings. The second-order valence-electron chi connectivity index (χ2n) is 6.24. The zero-order chi connectivity index (χ0) is 17.5. The molecule has 0 amide bonds. The smallest absolute Gasteiger partial charge is 0.158 e. The number of fused-ring (bicyclic) bond motifs is 3. The van der Waals surface area contributed by atoms with Gasteiger partial charge in [-0.05, 0) is 12.1 Å². The van der Waals surface area contributed by atoms with Crippen LogP contribution in [0.5, 0.6) is 0 Å². The molecule has 0 spiro atoms. The molecule has 1 aliphatic rings. The summed E-state index contributed by atoms with van der Waals surface area (Å²) >= 11 is 6.42. The zero-order valence-electron chi connectivity index (χ0n) is 13.8. The molecule has 3 aromatic carbocycles. The van der Waals surface area contributed by atoms with E-state index >= 15 is 0 Å². The van der Waals surface area contributed by atoms with E-state index < -0.39 is 5.62 Å². The maximum Gasteiger partial charge on any atom is 0.158 e. The number of nitrogens with zero attached hydrogens (tertiary/aromatic N) is 1. The van der Waals surface area contributed by atoms with Crippen molar-refractivity contribution in [2.45, 2.75) is 11.8 Å². The molecule has 0 saturated heterocycles. The lowest BCUT2D eigenvalue weighted by atomic mass is 10.0. The van der Waals surface area contributed by atoms with Gasteiger partial charge in [-0.3, -0.25) is 5.32 Å². The Bertz CT molecular complexity index is 1120. The molecule has 128 valence electrons. The van der Waals surface area contributed by atoms with Crippen LogP contribution in [0.1, 0.15) is 17.3 Å². The Morgan fingerprint density at radius 3 is 2.50 bits per heavy atom. The van der Waals surface area contributed by atoms with Crippen molar-refractivity contribution in [3.8, 4) is 0 Å². The van der Waals surface area contributed by atoms with Crippen LogP contribution >= 0.6 is 11.6 Å². The number of halogens is 1. The minimum Gasteiger partial charge on any atom is -0.456 e. The highest BCUT2D eigenvalue weighted by atomic mass is 35.5. The molecule has 0 radical (unpaired) electrons. The maximum absolute atomic E-state index is 6.42. The quantitative estimate of drug-likeness (QED) is 0.400. The van der Waals surface area contributed by atoms with Gasteiger partial charge in [0.2, 0.25) is 0 Å². The Labute approximate surface area is 155 Å². The number of rotatable bonds is 2. The number of para-hydroxylation sites is 1. The third kappa shape index (κ3) is 2.55. The number of amidine groups is 1. The number of aliphatic imine (C=N–C) groups is 1. The molecule has 0 saturated carbocycles. The molecule has 0 bridgehead atoms. The first kappa shape index (κ1) is 15.4. The van der Waals surface area contributed by atoms with Gasteiger partial charge in [-0.25, -0.2) is 4.99 Å². The van der Waals surface area contributed by atoms with Crippen molar-refractivity contribution >= 4 is 39.4 Å². The predicted molar refractivity (Wildman–Crippen MR) is 105 cm³/mol. The molecule has 1 aliphatic heterocycles. The van der Waals surface area contributed by atoms with Crippen LogP contribution in [-0.4, -0.2) is 11.5 Å². The van der Waals surface area contributed by atoms with E-state index in [0.29, 0.717) is 0 Å². The molecule has 4 aromatic rings. The summed E-state index contributed by atoms with van der Waals surface area (Å²) in [4.78, 5) is 4.88. The summed E-state index contributed by atoms with van der Waals surface area (Å²) in [6.45, 7) is 0. The van der Waals surface area contributed by atoms with E-state index in [1.807, 2.05) is 60.7 Å². The number of nitrogens with one attached hydrogen (secondary N) is 2. The molecule has 2 N–H and O–H groups in total. The minimum absolute atomic E-state index is 0.265. The van der Waals surface area contributed by atoms with E-state index in [-0.39, 0.29) is 6.17 Å². The van der Waals surface area contributed by atoms with Crippen molar-refractivity contribution in [3.63, 3.8) is 0 Å². The summed E-state index contributed by atoms with van der Waals surface area (Å²) in [6.07, 6.45) is -0.265. The average molecular weight is 362 g/mol. The maximum atomic E-state index is 6.42. The van der Waals surface area contributed by atoms with Gasteiger partial charge >= 0.3 is 0 Å². The number of benzene rings is 3. The van der Waals surface area contributed by atoms with Crippen molar-refractivity contribution in [2.75, 3.05) is 0 Å². The molecule has 5 rings (SSSR count). The van der Waals surface area contributed by atoms with Crippen molar-refractivity contribution in [1.82, 2.24) is 10.6 Å². The standard InChI is InChI=1S/C21H16ClN3O/c22-21-24-19(13-7-2-1-3-8-13)23-20(25-21)15-10-6-12-17-18(15)14-9-4-5-11-16(14)26-17/h1-12,20-21,25H,(H,23,24). The van der Waals surface area contributed by atoms with Crippen LogP contribution in [0.2, 0.25) is 0 Å².